The lowest BCUT2D eigenvalue weighted by atomic mass is 10.2. The fraction of sp³-hybridized carbons (Fsp3) is 0.100. The summed E-state index contributed by atoms with van der Waals surface area (Å²) < 4.78 is 0. The number of carbonyl (C=O) groups is 1. The molecule has 0 radical (unpaired) electrons. The predicted octanol–water partition coefficient (Wildman–Crippen LogP) is 2.10. The number of hydrogen-bond donors (Lipinski definition) is 1. The maximum atomic E-state index is 11.7. The minimum atomic E-state index is -0.160. The van der Waals surface area contributed by atoms with Crippen molar-refractivity contribution in [2.45, 2.75) is 6.92 Å². The average molecular weight is 219 g/mol. The first-order valence-corrected chi connectivity index (χ1v) is 5.24. The van der Waals surface area contributed by atoms with Gasteiger partial charge in [-0.05, 0) is 19.1 Å². The number of aromatic nitrogens is 2. The molecule has 0 saturated carbocycles. The standard InChI is InChI=1S/C10H9N3OS/c1-7-12-13-10(15-7)11-9(14)8-5-3-2-4-6-8/h2-6H,1H3,(H,11,13,14). The first-order valence-electron chi connectivity index (χ1n) is 4.42. The second-order valence-electron chi connectivity index (χ2n) is 2.95. The fourth-order valence-corrected chi connectivity index (χ4v) is 1.69. The van der Waals surface area contributed by atoms with Gasteiger partial charge in [-0.3, -0.25) is 10.1 Å². The molecule has 2 aromatic rings. The van der Waals surface area contributed by atoms with E-state index in [-0.39, 0.29) is 5.91 Å². The van der Waals surface area contributed by atoms with E-state index in [1.54, 1.807) is 12.1 Å². The largest absolute Gasteiger partial charge is 0.296 e. The van der Waals surface area contributed by atoms with Gasteiger partial charge < -0.3 is 0 Å². The molecular weight excluding hydrogens is 210 g/mol. The third-order valence-electron chi connectivity index (χ3n) is 1.78. The van der Waals surface area contributed by atoms with Crippen LogP contribution in [0.4, 0.5) is 5.13 Å². The number of benzene rings is 1. The van der Waals surface area contributed by atoms with Crippen molar-refractivity contribution in [2.75, 3.05) is 5.32 Å². The number of aryl methyl sites for hydroxylation is 1. The highest BCUT2D eigenvalue weighted by atomic mass is 32.1. The van der Waals surface area contributed by atoms with Gasteiger partial charge in [-0.15, -0.1) is 10.2 Å². The van der Waals surface area contributed by atoms with Gasteiger partial charge in [0.2, 0.25) is 5.13 Å². The summed E-state index contributed by atoms with van der Waals surface area (Å²) in [6, 6.07) is 9.01. The molecule has 4 nitrogen and oxygen atoms in total. The number of nitrogens with zero attached hydrogens (tertiary/aromatic N) is 2. The van der Waals surface area contributed by atoms with Crippen molar-refractivity contribution in [3.05, 3.63) is 40.9 Å². The van der Waals surface area contributed by atoms with Crippen molar-refractivity contribution in [1.82, 2.24) is 10.2 Å². The van der Waals surface area contributed by atoms with Crippen molar-refractivity contribution >= 4 is 22.4 Å². The monoisotopic (exact) mass is 219 g/mol. The van der Waals surface area contributed by atoms with Gasteiger partial charge >= 0.3 is 0 Å². The van der Waals surface area contributed by atoms with Crippen LogP contribution in [0.1, 0.15) is 15.4 Å². The van der Waals surface area contributed by atoms with Crippen LogP contribution in [-0.2, 0) is 0 Å². The molecule has 1 aromatic carbocycles. The highest BCUT2D eigenvalue weighted by molar-refractivity contribution is 7.15. The highest BCUT2D eigenvalue weighted by Gasteiger charge is 2.07. The van der Waals surface area contributed by atoms with Crippen molar-refractivity contribution < 1.29 is 4.79 Å². The smallest absolute Gasteiger partial charge is 0.257 e. The lowest BCUT2D eigenvalue weighted by Gasteiger charge is -1.99. The summed E-state index contributed by atoms with van der Waals surface area (Å²) in [7, 11) is 0. The zero-order valence-electron chi connectivity index (χ0n) is 8.10. The molecule has 1 aromatic heterocycles. The SMILES string of the molecule is Cc1nnc(NC(=O)c2ccccc2)s1. The van der Waals surface area contributed by atoms with E-state index in [0.29, 0.717) is 10.7 Å². The number of nitrogens with one attached hydrogen (secondary N) is 1. The third-order valence-corrected chi connectivity index (χ3v) is 2.54. The Morgan fingerprint density at radius 2 is 2.00 bits per heavy atom. The van der Waals surface area contributed by atoms with Crippen LogP contribution in [0, 0.1) is 6.92 Å². The van der Waals surface area contributed by atoms with E-state index >= 15 is 0 Å². The molecule has 0 atom stereocenters. The summed E-state index contributed by atoms with van der Waals surface area (Å²) in [4.78, 5) is 11.7. The molecule has 0 bridgehead atoms. The van der Waals surface area contributed by atoms with Crippen molar-refractivity contribution in [1.29, 1.82) is 0 Å². The second-order valence-corrected chi connectivity index (χ2v) is 4.13. The number of anilines is 1. The Kier molecular flexibility index (Phi) is 2.73. The molecule has 76 valence electrons. The van der Waals surface area contributed by atoms with Crippen LogP contribution in [-0.4, -0.2) is 16.1 Å². The first kappa shape index (κ1) is 9.79. The van der Waals surface area contributed by atoms with E-state index in [1.165, 1.54) is 11.3 Å². The summed E-state index contributed by atoms with van der Waals surface area (Å²) in [5.41, 5.74) is 0.616. The van der Waals surface area contributed by atoms with E-state index < -0.39 is 0 Å². The molecule has 1 amide bonds. The molecule has 0 aliphatic heterocycles. The van der Waals surface area contributed by atoms with E-state index in [2.05, 4.69) is 15.5 Å². The molecule has 0 unspecified atom stereocenters. The molecule has 5 heteroatoms. The summed E-state index contributed by atoms with van der Waals surface area (Å²) in [6.45, 7) is 1.84. The van der Waals surface area contributed by atoms with Gasteiger partial charge in [0, 0.05) is 5.56 Å². The van der Waals surface area contributed by atoms with Crippen molar-refractivity contribution in [3.8, 4) is 0 Å². The average Bonchev–Trinajstić information content (AvgIpc) is 2.65. The molecule has 2 rings (SSSR count). The summed E-state index contributed by atoms with van der Waals surface area (Å²) in [5.74, 6) is -0.160. The van der Waals surface area contributed by atoms with Gasteiger partial charge in [0.1, 0.15) is 5.01 Å². The maximum absolute atomic E-state index is 11.7. The third kappa shape index (κ3) is 2.38. The van der Waals surface area contributed by atoms with E-state index in [4.69, 9.17) is 0 Å². The lowest BCUT2D eigenvalue weighted by Crippen LogP contribution is -2.11. The van der Waals surface area contributed by atoms with Gasteiger partial charge in [-0.25, -0.2) is 0 Å². The quantitative estimate of drug-likeness (QED) is 0.841. The van der Waals surface area contributed by atoms with Crippen LogP contribution in [0.5, 0.6) is 0 Å². The van der Waals surface area contributed by atoms with Gasteiger partial charge in [0.05, 0.1) is 0 Å². The molecule has 0 aliphatic carbocycles. The topological polar surface area (TPSA) is 54.9 Å². The molecule has 0 spiro atoms. The highest BCUT2D eigenvalue weighted by Crippen LogP contribution is 2.14. The Labute approximate surface area is 91.0 Å². The van der Waals surface area contributed by atoms with Crippen molar-refractivity contribution in [3.63, 3.8) is 0 Å². The van der Waals surface area contributed by atoms with Crippen LogP contribution in [0.2, 0.25) is 0 Å². The number of rotatable bonds is 2. The van der Waals surface area contributed by atoms with Gasteiger partial charge in [0.15, 0.2) is 0 Å². The Hall–Kier alpha value is -1.75. The molecule has 1 N–H and O–H groups in total. The Bertz CT molecular complexity index is 467. The Balaban J connectivity index is 2.11. The second kappa shape index (κ2) is 4.18. The lowest BCUT2D eigenvalue weighted by molar-refractivity contribution is 0.102. The molecular formula is C10H9N3OS. The van der Waals surface area contributed by atoms with Crippen molar-refractivity contribution in [2.24, 2.45) is 0 Å². The Morgan fingerprint density at radius 1 is 1.27 bits per heavy atom. The van der Waals surface area contributed by atoms with E-state index in [1.807, 2.05) is 25.1 Å². The summed E-state index contributed by atoms with van der Waals surface area (Å²) >= 11 is 1.36. The first-order chi connectivity index (χ1) is 7.25. The van der Waals surface area contributed by atoms with E-state index in [0.717, 1.165) is 5.01 Å². The van der Waals surface area contributed by atoms with Crippen LogP contribution in [0.3, 0.4) is 0 Å². The predicted molar refractivity (Wildman–Crippen MR) is 59.0 cm³/mol. The minimum Gasteiger partial charge on any atom is -0.296 e. The minimum absolute atomic E-state index is 0.160. The summed E-state index contributed by atoms with van der Waals surface area (Å²) in [5, 5.41) is 11.7. The van der Waals surface area contributed by atoms with Crippen LogP contribution in [0.15, 0.2) is 30.3 Å². The number of carbonyl (C=O) groups excluding carboxylic acids is 1. The Morgan fingerprint density at radius 3 is 2.60 bits per heavy atom. The van der Waals surface area contributed by atoms with Crippen LogP contribution in [0.25, 0.3) is 0 Å². The molecule has 15 heavy (non-hydrogen) atoms. The van der Waals surface area contributed by atoms with Crippen LogP contribution < -0.4 is 5.32 Å². The van der Waals surface area contributed by atoms with Gasteiger partial charge in [0.25, 0.3) is 5.91 Å². The normalized spacial score (nSPS) is 9.93. The van der Waals surface area contributed by atoms with Crippen LogP contribution >= 0.6 is 11.3 Å². The number of amides is 1. The zero-order chi connectivity index (χ0) is 10.7. The molecule has 1 heterocycles. The maximum Gasteiger partial charge on any atom is 0.257 e. The van der Waals surface area contributed by atoms with Gasteiger partial charge in [-0.1, -0.05) is 29.5 Å². The molecule has 0 aliphatic rings. The zero-order valence-corrected chi connectivity index (χ0v) is 8.91. The molecule has 0 saturated heterocycles. The fourth-order valence-electron chi connectivity index (χ4n) is 1.11. The van der Waals surface area contributed by atoms with E-state index in [9.17, 15) is 4.79 Å². The summed E-state index contributed by atoms with van der Waals surface area (Å²) in [6.07, 6.45) is 0. The number of hydrogen-bond acceptors (Lipinski definition) is 4. The van der Waals surface area contributed by atoms with Gasteiger partial charge in [-0.2, -0.15) is 0 Å². The molecule has 0 fully saturated rings.